The highest BCUT2D eigenvalue weighted by atomic mass is 16.2. The number of carbonyl (C=O) groups is 2. The monoisotopic (exact) mass is 319 g/mol. The molecule has 1 aromatic heterocycles. The standard InChI is InChI=1S/C16H25N5O2/c1-13-10-17-21(11-13)12-15(22)18-14-4-8-20(9-5-14)16(23)19-6-2-3-7-19/h10-11,14H,2-9,12H2,1H3,(H,18,22). The number of hydrogen-bond donors (Lipinski definition) is 1. The smallest absolute Gasteiger partial charge is 0.319 e. The number of hydrogen-bond acceptors (Lipinski definition) is 3. The number of aryl methyl sites for hydroxylation is 1. The van der Waals surface area contributed by atoms with Crippen molar-refractivity contribution in [2.24, 2.45) is 0 Å². The van der Waals surface area contributed by atoms with Gasteiger partial charge in [-0.1, -0.05) is 0 Å². The number of likely N-dealkylation sites (tertiary alicyclic amines) is 2. The Labute approximate surface area is 136 Å². The van der Waals surface area contributed by atoms with Crippen LogP contribution >= 0.6 is 0 Å². The van der Waals surface area contributed by atoms with Crippen molar-refractivity contribution < 1.29 is 9.59 Å². The summed E-state index contributed by atoms with van der Waals surface area (Å²) in [5, 5.41) is 7.18. The molecule has 2 aliphatic rings. The summed E-state index contributed by atoms with van der Waals surface area (Å²) in [5.41, 5.74) is 1.05. The number of urea groups is 1. The van der Waals surface area contributed by atoms with E-state index in [9.17, 15) is 9.59 Å². The van der Waals surface area contributed by atoms with E-state index in [1.165, 1.54) is 0 Å². The first-order valence-corrected chi connectivity index (χ1v) is 8.44. The van der Waals surface area contributed by atoms with Crippen molar-refractivity contribution in [1.82, 2.24) is 24.9 Å². The normalized spacial score (nSPS) is 19.2. The van der Waals surface area contributed by atoms with Crippen LogP contribution in [0.3, 0.4) is 0 Å². The third-order valence-corrected chi connectivity index (χ3v) is 4.58. The summed E-state index contributed by atoms with van der Waals surface area (Å²) in [4.78, 5) is 28.2. The van der Waals surface area contributed by atoms with Crippen molar-refractivity contribution in [2.45, 2.75) is 45.2 Å². The van der Waals surface area contributed by atoms with E-state index in [0.29, 0.717) is 0 Å². The van der Waals surface area contributed by atoms with Crippen molar-refractivity contribution in [3.05, 3.63) is 18.0 Å². The first-order valence-electron chi connectivity index (χ1n) is 8.44. The number of carbonyl (C=O) groups excluding carboxylic acids is 2. The number of amides is 3. The van der Waals surface area contributed by atoms with Crippen molar-refractivity contribution in [1.29, 1.82) is 0 Å². The van der Waals surface area contributed by atoms with Gasteiger partial charge in [0.15, 0.2) is 0 Å². The fourth-order valence-electron chi connectivity index (χ4n) is 3.30. The molecule has 0 saturated carbocycles. The van der Waals surface area contributed by atoms with Gasteiger partial charge in [0.2, 0.25) is 5.91 Å². The molecule has 2 aliphatic heterocycles. The molecule has 2 fully saturated rings. The SMILES string of the molecule is Cc1cnn(CC(=O)NC2CCN(C(=O)N3CCCC3)CC2)c1. The number of aromatic nitrogens is 2. The van der Waals surface area contributed by atoms with Crippen molar-refractivity contribution in [3.63, 3.8) is 0 Å². The van der Waals surface area contributed by atoms with Crippen LogP contribution in [-0.2, 0) is 11.3 Å². The molecule has 0 bridgehead atoms. The molecule has 1 N–H and O–H groups in total. The number of piperidine rings is 1. The Morgan fingerprint density at radius 1 is 1.17 bits per heavy atom. The molecule has 0 aliphatic carbocycles. The molecule has 0 aromatic carbocycles. The summed E-state index contributed by atoms with van der Waals surface area (Å²) in [7, 11) is 0. The lowest BCUT2D eigenvalue weighted by atomic mass is 10.1. The highest BCUT2D eigenvalue weighted by molar-refractivity contribution is 5.76. The molecule has 7 heteroatoms. The second-order valence-corrected chi connectivity index (χ2v) is 6.52. The molecule has 0 radical (unpaired) electrons. The molecular weight excluding hydrogens is 294 g/mol. The lowest BCUT2D eigenvalue weighted by molar-refractivity contribution is -0.122. The molecule has 0 spiro atoms. The zero-order valence-corrected chi connectivity index (χ0v) is 13.7. The summed E-state index contributed by atoms with van der Waals surface area (Å²) < 4.78 is 1.65. The van der Waals surface area contributed by atoms with E-state index in [2.05, 4.69) is 10.4 Å². The maximum atomic E-state index is 12.3. The second-order valence-electron chi connectivity index (χ2n) is 6.52. The maximum Gasteiger partial charge on any atom is 0.319 e. The highest BCUT2D eigenvalue weighted by Crippen LogP contribution is 2.16. The van der Waals surface area contributed by atoms with Gasteiger partial charge in [-0.3, -0.25) is 9.48 Å². The predicted octanol–water partition coefficient (Wildman–Crippen LogP) is 0.988. The predicted molar refractivity (Wildman–Crippen MR) is 85.9 cm³/mol. The Morgan fingerprint density at radius 2 is 1.83 bits per heavy atom. The van der Waals surface area contributed by atoms with Crippen molar-refractivity contribution >= 4 is 11.9 Å². The van der Waals surface area contributed by atoms with Crippen LogP contribution in [0.4, 0.5) is 4.79 Å². The van der Waals surface area contributed by atoms with Gasteiger partial charge in [-0.15, -0.1) is 0 Å². The van der Waals surface area contributed by atoms with Crippen molar-refractivity contribution in [2.75, 3.05) is 26.2 Å². The first-order chi connectivity index (χ1) is 11.1. The summed E-state index contributed by atoms with van der Waals surface area (Å²) in [6.45, 7) is 5.43. The minimum absolute atomic E-state index is 0.0163. The average Bonchev–Trinajstić information content (AvgIpc) is 3.19. The lowest BCUT2D eigenvalue weighted by Crippen LogP contribution is -2.50. The Kier molecular flexibility index (Phi) is 4.83. The minimum atomic E-state index is -0.0163. The Hall–Kier alpha value is -2.05. The van der Waals surface area contributed by atoms with E-state index >= 15 is 0 Å². The van der Waals surface area contributed by atoms with Crippen LogP contribution in [0, 0.1) is 6.92 Å². The topological polar surface area (TPSA) is 70.5 Å². The molecule has 7 nitrogen and oxygen atoms in total. The van der Waals surface area contributed by atoms with E-state index < -0.39 is 0 Å². The average molecular weight is 319 g/mol. The molecule has 23 heavy (non-hydrogen) atoms. The molecule has 3 amide bonds. The summed E-state index contributed by atoms with van der Waals surface area (Å²) in [6.07, 6.45) is 7.48. The Bertz CT molecular complexity index is 557. The zero-order chi connectivity index (χ0) is 16.2. The van der Waals surface area contributed by atoms with E-state index in [1.807, 2.05) is 22.9 Å². The minimum Gasteiger partial charge on any atom is -0.352 e. The summed E-state index contributed by atoms with van der Waals surface area (Å²) in [5.74, 6) is -0.0163. The lowest BCUT2D eigenvalue weighted by Gasteiger charge is -2.34. The molecule has 0 atom stereocenters. The molecular formula is C16H25N5O2. The van der Waals surface area contributed by atoms with Gasteiger partial charge in [-0.05, 0) is 38.2 Å². The Morgan fingerprint density at radius 3 is 2.43 bits per heavy atom. The van der Waals surface area contributed by atoms with Gasteiger partial charge in [0.25, 0.3) is 0 Å². The van der Waals surface area contributed by atoms with E-state index in [4.69, 9.17) is 0 Å². The van der Waals surface area contributed by atoms with Crippen LogP contribution < -0.4 is 5.32 Å². The number of rotatable bonds is 3. The highest BCUT2D eigenvalue weighted by Gasteiger charge is 2.28. The van der Waals surface area contributed by atoms with Gasteiger partial charge in [0, 0.05) is 38.4 Å². The van der Waals surface area contributed by atoms with Gasteiger partial charge < -0.3 is 15.1 Å². The van der Waals surface area contributed by atoms with Crippen LogP contribution in [0.2, 0.25) is 0 Å². The quantitative estimate of drug-likeness (QED) is 0.903. The van der Waals surface area contributed by atoms with Crippen LogP contribution in [0.15, 0.2) is 12.4 Å². The van der Waals surface area contributed by atoms with E-state index in [0.717, 1.165) is 57.4 Å². The van der Waals surface area contributed by atoms with Gasteiger partial charge >= 0.3 is 6.03 Å². The van der Waals surface area contributed by atoms with E-state index in [-0.39, 0.29) is 24.5 Å². The molecule has 0 unspecified atom stereocenters. The van der Waals surface area contributed by atoms with Crippen LogP contribution in [0.25, 0.3) is 0 Å². The van der Waals surface area contributed by atoms with Crippen LogP contribution in [-0.4, -0.2) is 63.7 Å². The summed E-state index contributed by atoms with van der Waals surface area (Å²) in [6, 6.07) is 0.320. The number of nitrogens with one attached hydrogen (secondary N) is 1. The summed E-state index contributed by atoms with van der Waals surface area (Å²) >= 11 is 0. The maximum absolute atomic E-state index is 12.3. The van der Waals surface area contributed by atoms with Gasteiger partial charge in [0.05, 0.1) is 6.20 Å². The van der Waals surface area contributed by atoms with E-state index in [1.54, 1.807) is 10.9 Å². The fourth-order valence-corrected chi connectivity index (χ4v) is 3.30. The van der Waals surface area contributed by atoms with Gasteiger partial charge in [-0.2, -0.15) is 5.10 Å². The second kappa shape index (κ2) is 7.02. The first kappa shape index (κ1) is 15.8. The molecule has 2 saturated heterocycles. The van der Waals surface area contributed by atoms with Crippen LogP contribution in [0.1, 0.15) is 31.2 Å². The third-order valence-electron chi connectivity index (χ3n) is 4.58. The molecule has 3 heterocycles. The van der Waals surface area contributed by atoms with Gasteiger partial charge in [0.1, 0.15) is 6.54 Å². The Balaban J connectivity index is 1.41. The van der Waals surface area contributed by atoms with Crippen LogP contribution in [0.5, 0.6) is 0 Å². The molecule has 1 aromatic rings. The van der Waals surface area contributed by atoms with Crippen molar-refractivity contribution in [3.8, 4) is 0 Å². The third kappa shape index (κ3) is 4.03. The van der Waals surface area contributed by atoms with Gasteiger partial charge in [-0.25, -0.2) is 4.79 Å². The largest absolute Gasteiger partial charge is 0.352 e. The molecule has 3 rings (SSSR count). The molecule has 126 valence electrons. The number of nitrogens with zero attached hydrogens (tertiary/aromatic N) is 4. The zero-order valence-electron chi connectivity index (χ0n) is 13.7. The fraction of sp³-hybridized carbons (Fsp3) is 0.688.